The molecule has 0 heterocycles. The molecule has 2 rings (SSSR count). The van der Waals surface area contributed by atoms with Crippen LogP contribution < -0.4 is 0 Å². The zero-order valence-electron chi connectivity index (χ0n) is 6.53. The van der Waals surface area contributed by atoms with E-state index in [0.29, 0.717) is 0 Å². The van der Waals surface area contributed by atoms with E-state index < -0.39 is 0 Å². The van der Waals surface area contributed by atoms with Gasteiger partial charge in [-0.15, -0.1) is 11.6 Å². The molecule has 0 aliphatic heterocycles. The molecule has 0 N–H and O–H groups in total. The zero-order chi connectivity index (χ0) is 8.55. The topological polar surface area (TPSA) is 17.1 Å². The summed E-state index contributed by atoms with van der Waals surface area (Å²) < 4.78 is 0. The second-order valence-corrected chi connectivity index (χ2v) is 3.65. The van der Waals surface area contributed by atoms with Gasteiger partial charge in [-0.3, -0.25) is 4.79 Å². The summed E-state index contributed by atoms with van der Waals surface area (Å²) in [7, 11) is 0. The third-order valence-corrected chi connectivity index (χ3v) is 2.59. The molecular formula is C10H9ClO. The summed E-state index contributed by atoms with van der Waals surface area (Å²) in [6.07, 6.45) is 0.843. The van der Waals surface area contributed by atoms with Gasteiger partial charge in [0.05, 0.1) is 0 Å². The smallest absolute Gasteiger partial charge is 0.167 e. The fourth-order valence-corrected chi connectivity index (χ4v) is 1.56. The van der Waals surface area contributed by atoms with Crippen LogP contribution in [0.2, 0.25) is 0 Å². The lowest BCUT2D eigenvalue weighted by atomic mass is 10.1. The number of Topliss-reactive ketones (excluding diaryl/α,β-unsaturated/α-hetero) is 1. The van der Waals surface area contributed by atoms with Crippen LogP contribution >= 0.6 is 11.6 Å². The number of ketones is 1. The number of alkyl halides is 1. The molecule has 1 aliphatic carbocycles. The minimum absolute atomic E-state index is 0.0778. The fourth-order valence-electron chi connectivity index (χ4n) is 1.25. The maximum absolute atomic E-state index is 11.5. The van der Waals surface area contributed by atoms with E-state index in [9.17, 15) is 4.79 Å². The first-order chi connectivity index (χ1) is 5.79. The van der Waals surface area contributed by atoms with E-state index in [2.05, 4.69) is 0 Å². The molecule has 0 radical (unpaired) electrons. The van der Waals surface area contributed by atoms with Crippen LogP contribution in [0.15, 0.2) is 30.3 Å². The van der Waals surface area contributed by atoms with Gasteiger partial charge in [0.1, 0.15) is 0 Å². The van der Waals surface area contributed by atoms with Crippen molar-refractivity contribution in [3.8, 4) is 0 Å². The van der Waals surface area contributed by atoms with Gasteiger partial charge >= 0.3 is 0 Å². The van der Waals surface area contributed by atoms with Gasteiger partial charge < -0.3 is 0 Å². The summed E-state index contributed by atoms with van der Waals surface area (Å²) in [6, 6.07) is 9.33. The minimum Gasteiger partial charge on any atom is -0.294 e. The zero-order valence-corrected chi connectivity index (χ0v) is 7.29. The minimum atomic E-state index is 0.0778. The maximum atomic E-state index is 11.5. The van der Waals surface area contributed by atoms with Crippen molar-refractivity contribution in [2.24, 2.45) is 5.92 Å². The number of halogens is 1. The van der Waals surface area contributed by atoms with Gasteiger partial charge in [-0.05, 0) is 6.42 Å². The van der Waals surface area contributed by atoms with Crippen molar-refractivity contribution in [1.82, 2.24) is 0 Å². The molecule has 0 aromatic heterocycles. The molecule has 1 fully saturated rings. The lowest BCUT2D eigenvalue weighted by Gasteiger charge is -1.96. The Kier molecular flexibility index (Phi) is 1.89. The summed E-state index contributed by atoms with van der Waals surface area (Å²) in [5.41, 5.74) is 0.783. The first-order valence-corrected chi connectivity index (χ1v) is 4.46. The largest absolute Gasteiger partial charge is 0.294 e. The number of hydrogen-bond acceptors (Lipinski definition) is 1. The highest BCUT2D eigenvalue weighted by Gasteiger charge is 2.41. The van der Waals surface area contributed by atoms with Gasteiger partial charge in [0, 0.05) is 16.9 Å². The van der Waals surface area contributed by atoms with Gasteiger partial charge in [0.2, 0.25) is 0 Å². The molecule has 1 aromatic rings. The fraction of sp³-hybridized carbons (Fsp3) is 0.300. The van der Waals surface area contributed by atoms with E-state index in [0.717, 1.165) is 12.0 Å². The van der Waals surface area contributed by atoms with Crippen molar-refractivity contribution in [3.63, 3.8) is 0 Å². The summed E-state index contributed by atoms with van der Waals surface area (Å²) in [5, 5.41) is 0.0812. The first-order valence-electron chi connectivity index (χ1n) is 4.02. The van der Waals surface area contributed by atoms with Gasteiger partial charge in [-0.1, -0.05) is 30.3 Å². The molecule has 0 unspecified atom stereocenters. The predicted octanol–water partition coefficient (Wildman–Crippen LogP) is 2.50. The number of hydrogen-bond donors (Lipinski definition) is 0. The van der Waals surface area contributed by atoms with Crippen LogP contribution in [-0.4, -0.2) is 11.2 Å². The molecule has 2 atom stereocenters. The monoisotopic (exact) mass is 180 g/mol. The van der Waals surface area contributed by atoms with Gasteiger partial charge in [-0.25, -0.2) is 0 Å². The van der Waals surface area contributed by atoms with E-state index in [4.69, 9.17) is 11.6 Å². The van der Waals surface area contributed by atoms with Crippen LogP contribution in [0.1, 0.15) is 16.8 Å². The Morgan fingerprint density at radius 2 is 1.92 bits per heavy atom. The van der Waals surface area contributed by atoms with Crippen LogP contribution in [-0.2, 0) is 0 Å². The summed E-state index contributed by atoms with van der Waals surface area (Å²) in [4.78, 5) is 11.5. The SMILES string of the molecule is O=C(c1ccccc1)[C@H]1C[C@H]1Cl. The average molecular weight is 181 g/mol. The number of benzene rings is 1. The van der Waals surface area contributed by atoms with Crippen molar-refractivity contribution >= 4 is 17.4 Å². The van der Waals surface area contributed by atoms with Gasteiger partial charge in [0.15, 0.2) is 5.78 Å². The summed E-state index contributed by atoms with van der Waals surface area (Å²) in [6.45, 7) is 0. The Morgan fingerprint density at radius 3 is 2.42 bits per heavy atom. The number of carbonyl (C=O) groups is 1. The van der Waals surface area contributed by atoms with Crippen molar-refractivity contribution in [3.05, 3.63) is 35.9 Å². The van der Waals surface area contributed by atoms with Crippen molar-refractivity contribution in [1.29, 1.82) is 0 Å². The molecule has 2 heteroatoms. The second-order valence-electron chi connectivity index (χ2n) is 3.09. The highest BCUT2D eigenvalue weighted by molar-refractivity contribution is 6.25. The Bertz CT molecular complexity index is 294. The Morgan fingerprint density at radius 1 is 1.33 bits per heavy atom. The molecule has 0 bridgehead atoms. The average Bonchev–Trinajstić information content (AvgIpc) is 2.83. The van der Waals surface area contributed by atoms with Crippen LogP contribution in [0.25, 0.3) is 0 Å². The summed E-state index contributed by atoms with van der Waals surface area (Å²) >= 11 is 5.78. The summed E-state index contributed by atoms with van der Waals surface area (Å²) in [5.74, 6) is 0.268. The van der Waals surface area contributed by atoms with E-state index >= 15 is 0 Å². The Labute approximate surface area is 76.4 Å². The Balaban J connectivity index is 2.16. The molecular weight excluding hydrogens is 172 g/mol. The molecule has 1 aromatic carbocycles. The van der Waals surface area contributed by atoms with Crippen molar-refractivity contribution < 1.29 is 4.79 Å². The van der Waals surface area contributed by atoms with Crippen LogP contribution in [0, 0.1) is 5.92 Å². The maximum Gasteiger partial charge on any atom is 0.167 e. The third kappa shape index (κ3) is 1.37. The standard InChI is InChI=1S/C10H9ClO/c11-9-6-8(9)10(12)7-4-2-1-3-5-7/h1-5,8-9H,6H2/t8-,9+/m0/s1. The van der Waals surface area contributed by atoms with Gasteiger partial charge in [0.25, 0.3) is 0 Å². The number of rotatable bonds is 2. The highest BCUT2D eigenvalue weighted by Crippen LogP contribution is 2.38. The van der Waals surface area contributed by atoms with Crippen LogP contribution in [0.3, 0.4) is 0 Å². The van der Waals surface area contributed by atoms with Crippen molar-refractivity contribution in [2.75, 3.05) is 0 Å². The Hall–Kier alpha value is -0.820. The molecule has 1 nitrogen and oxygen atoms in total. The highest BCUT2D eigenvalue weighted by atomic mass is 35.5. The quantitative estimate of drug-likeness (QED) is 0.505. The van der Waals surface area contributed by atoms with E-state index in [1.165, 1.54) is 0 Å². The van der Waals surface area contributed by atoms with E-state index in [1.807, 2.05) is 30.3 Å². The molecule has 62 valence electrons. The molecule has 1 saturated carbocycles. The molecule has 0 saturated heterocycles. The lowest BCUT2D eigenvalue weighted by Crippen LogP contribution is -2.02. The molecule has 1 aliphatic rings. The van der Waals surface area contributed by atoms with E-state index in [1.54, 1.807) is 0 Å². The normalized spacial score (nSPS) is 26.8. The van der Waals surface area contributed by atoms with Crippen molar-refractivity contribution in [2.45, 2.75) is 11.8 Å². The van der Waals surface area contributed by atoms with E-state index in [-0.39, 0.29) is 17.1 Å². The van der Waals surface area contributed by atoms with Gasteiger partial charge in [-0.2, -0.15) is 0 Å². The second kappa shape index (κ2) is 2.91. The molecule has 0 amide bonds. The van der Waals surface area contributed by atoms with Crippen LogP contribution in [0.5, 0.6) is 0 Å². The molecule has 0 spiro atoms. The third-order valence-electron chi connectivity index (χ3n) is 2.11. The lowest BCUT2D eigenvalue weighted by molar-refractivity contribution is 0.0968. The first kappa shape index (κ1) is 7.81. The van der Waals surface area contributed by atoms with Crippen LogP contribution in [0.4, 0.5) is 0 Å². The number of carbonyl (C=O) groups excluding carboxylic acids is 1. The molecule has 12 heavy (non-hydrogen) atoms. The predicted molar refractivity (Wildman–Crippen MR) is 48.5 cm³/mol.